The topological polar surface area (TPSA) is 392 Å². The van der Waals surface area contributed by atoms with Crippen LogP contribution in [0.4, 0.5) is 0 Å². The summed E-state index contributed by atoms with van der Waals surface area (Å²) in [4.78, 5) is 84.2. The number of benzene rings is 3. The summed E-state index contributed by atoms with van der Waals surface area (Å²) in [6, 6.07) is 2.54. The molecule has 97 heavy (non-hydrogen) atoms. The predicted octanol–water partition coefficient (Wildman–Crippen LogP) is 3.41. The van der Waals surface area contributed by atoms with Gasteiger partial charge in [-0.1, -0.05) is 13.8 Å². The van der Waals surface area contributed by atoms with E-state index in [-0.39, 0.29) is 37.7 Å². The van der Waals surface area contributed by atoms with Gasteiger partial charge in [-0.05, 0) is 105 Å². The van der Waals surface area contributed by atoms with Crippen molar-refractivity contribution in [3.05, 3.63) is 112 Å². The number of likely N-dealkylation sites (N-methyl/N-ethyl adjacent to an activating group) is 2. The molecule has 0 aromatic heterocycles. The van der Waals surface area contributed by atoms with Crippen molar-refractivity contribution in [1.82, 2.24) is 9.80 Å². The van der Waals surface area contributed by atoms with Crippen molar-refractivity contribution in [1.29, 1.82) is 0 Å². The number of phenols is 4. The number of Topliss-reactive ketones (excluding diaryl/α,β-unsaturated/α-hetero) is 3. The van der Waals surface area contributed by atoms with E-state index in [0.717, 1.165) is 24.3 Å². The summed E-state index contributed by atoms with van der Waals surface area (Å²) < 4.78 is 74.4. The summed E-state index contributed by atoms with van der Waals surface area (Å²) in [6.07, 6.45) is -20.0. The molecular formula is C69H84N4O24. The van der Waals surface area contributed by atoms with Crippen LogP contribution in [0.1, 0.15) is 123 Å². The summed E-state index contributed by atoms with van der Waals surface area (Å²) in [5, 5.41) is 95.4. The zero-order chi connectivity index (χ0) is 70.2. The number of methoxy groups -OCH3 is 3. The molecule has 12 rings (SSSR count). The Morgan fingerprint density at radius 3 is 1.55 bits per heavy atom. The van der Waals surface area contributed by atoms with Crippen LogP contribution in [0.5, 0.6) is 23.0 Å². The number of hydrogen-bond acceptors (Lipinski definition) is 26. The summed E-state index contributed by atoms with van der Waals surface area (Å²) in [5.74, 6) is -11.8. The summed E-state index contributed by atoms with van der Waals surface area (Å²) >= 11 is 0. The smallest absolute Gasteiger partial charge is 0.333 e. The number of aliphatic hydroxyl groups excluding tert-OH is 4. The summed E-state index contributed by atoms with van der Waals surface area (Å²) in [5.41, 5.74) is 1.04. The van der Waals surface area contributed by atoms with Gasteiger partial charge in [-0.15, -0.1) is 0 Å². The molecule has 4 aliphatic carbocycles. The standard InChI is InChI=1S/C69H84N4O24/c1-14-68(96-41-23-37(87-11)58(80)27(5)92-41)53(63(85)44-30(66(68)94-39-21-35(78)56(72(7)8)25(3)90-39)20-29-43(44)60(82)46-32(75)17-16-31(74)45(46)59(29)81)54-64(86)50-49-51(62(84)48-34(77)19-18-33(76)47(48)61(49)83)55(71-70)52(50)67(95-40-22-36(79)57(73(9)10)26(4)91-40)69(54,15-2)97-42-24-38(88-12)65(89-13)28(6)93-42/h16-20,25-28,35-42,53-54,56-58,65-67,74-75,78-80,83-85H,14-15,21-24H2,1-13H3/t25-,26-,27+,28+,35-,36-,37+,38+,39+,40+,41+,42+,53-,54-,56-,57-,58+,65+,66+,67+,68-,69-/m0/s1. The molecular weight excluding hydrogens is 1270 g/mol. The lowest BCUT2D eigenvalue weighted by Gasteiger charge is -2.59. The zero-order valence-electron chi connectivity index (χ0n) is 56.1. The normalized spacial score (nSPS) is 36.9. The van der Waals surface area contributed by atoms with Gasteiger partial charge in [0.25, 0.3) is 0 Å². The van der Waals surface area contributed by atoms with Crippen LogP contribution in [0.3, 0.4) is 0 Å². The Kier molecular flexibility index (Phi) is 18.8. The number of carbonyl (C=O) groups excluding carboxylic acids is 3. The second-order valence-corrected chi connectivity index (χ2v) is 27.2. The van der Waals surface area contributed by atoms with Crippen LogP contribution < -0.4 is 16.2 Å². The highest BCUT2D eigenvalue weighted by molar-refractivity contribution is 6.33. The van der Waals surface area contributed by atoms with E-state index in [4.69, 9.17) is 52.1 Å². The fourth-order valence-electron chi connectivity index (χ4n) is 17.4. The maximum atomic E-state index is 17.9. The van der Waals surface area contributed by atoms with Crippen molar-refractivity contribution < 1.29 is 112 Å². The van der Waals surface area contributed by atoms with Gasteiger partial charge in [0.1, 0.15) is 69.8 Å². The van der Waals surface area contributed by atoms with Crippen LogP contribution in [0, 0.1) is 11.8 Å². The third-order valence-electron chi connectivity index (χ3n) is 21.6. The Bertz CT molecular complexity index is 4130. The minimum atomic E-state index is -2.52. The summed E-state index contributed by atoms with van der Waals surface area (Å²) in [7, 11) is 11.3. The molecule has 4 saturated heterocycles. The number of ketones is 3. The highest BCUT2D eigenvalue weighted by atomic mass is 16.7. The fourth-order valence-corrected chi connectivity index (χ4v) is 17.4. The molecule has 4 aromatic rings. The molecule has 0 saturated carbocycles. The number of fused-ring (bicyclic) bond motifs is 7. The maximum Gasteiger partial charge on any atom is 0.333 e. The molecule has 4 aliphatic heterocycles. The van der Waals surface area contributed by atoms with E-state index in [1.165, 1.54) is 27.4 Å². The van der Waals surface area contributed by atoms with Crippen LogP contribution in [0.15, 0.2) is 68.0 Å². The molecule has 524 valence electrons. The van der Waals surface area contributed by atoms with Gasteiger partial charge in [-0.2, -0.15) is 4.79 Å². The van der Waals surface area contributed by atoms with E-state index in [0.29, 0.717) is 0 Å². The molecule has 28 heteroatoms. The molecule has 0 bridgehead atoms. The molecule has 0 unspecified atom stereocenters. The molecule has 0 radical (unpaired) electrons. The summed E-state index contributed by atoms with van der Waals surface area (Å²) in [6.45, 7) is 9.87. The van der Waals surface area contributed by atoms with Gasteiger partial charge in [-0.25, -0.2) is 0 Å². The third kappa shape index (κ3) is 10.8. The van der Waals surface area contributed by atoms with Crippen LogP contribution in [0.25, 0.3) is 27.1 Å². The maximum absolute atomic E-state index is 17.9. The van der Waals surface area contributed by atoms with Gasteiger partial charge in [0, 0.05) is 74.7 Å². The zero-order valence-corrected chi connectivity index (χ0v) is 56.1. The largest absolute Gasteiger partial charge is 0.511 e. The quantitative estimate of drug-likeness (QED) is 0.0452. The van der Waals surface area contributed by atoms with Crippen LogP contribution >= 0.6 is 0 Å². The first kappa shape index (κ1) is 70.1. The Morgan fingerprint density at radius 1 is 0.567 bits per heavy atom. The van der Waals surface area contributed by atoms with Gasteiger partial charge in [0.15, 0.2) is 53.4 Å². The number of rotatable bonds is 16. The van der Waals surface area contributed by atoms with Gasteiger partial charge in [0.05, 0.1) is 100 Å². The highest BCUT2D eigenvalue weighted by Gasteiger charge is 2.71. The molecule has 28 nitrogen and oxygen atoms in total. The molecule has 4 fully saturated rings. The van der Waals surface area contributed by atoms with Crippen molar-refractivity contribution in [2.45, 2.75) is 202 Å². The van der Waals surface area contributed by atoms with Crippen molar-refractivity contribution in [2.24, 2.45) is 11.8 Å². The average molecular weight is 1350 g/mol. The number of allylic oxidation sites excluding steroid dienone is 3. The van der Waals surface area contributed by atoms with E-state index >= 15 is 14.4 Å². The molecule has 8 aliphatic rings. The predicted molar refractivity (Wildman–Crippen MR) is 339 cm³/mol. The number of aliphatic hydroxyl groups is 4. The van der Waals surface area contributed by atoms with Crippen molar-refractivity contribution in [3.8, 4) is 23.0 Å². The number of aromatic hydroxyl groups is 4. The minimum Gasteiger partial charge on any atom is -0.511 e. The molecule has 0 amide bonds. The molecule has 0 spiro atoms. The van der Waals surface area contributed by atoms with E-state index in [1.807, 2.05) is 0 Å². The lowest BCUT2D eigenvalue weighted by molar-refractivity contribution is -0.351. The second-order valence-electron chi connectivity index (χ2n) is 27.2. The monoisotopic (exact) mass is 1350 g/mol. The number of nitrogens with zero attached hydrogens (tertiary/aromatic N) is 4. The van der Waals surface area contributed by atoms with Crippen molar-refractivity contribution in [3.63, 3.8) is 0 Å². The molecule has 8 N–H and O–H groups in total. The highest BCUT2D eigenvalue weighted by Crippen LogP contribution is 2.64. The lowest BCUT2D eigenvalue weighted by atomic mass is 9.55. The van der Waals surface area contributed by atoms with Crippen LogP contribution in [0.2, 0.25) is 0 Å². The van der Waals surface area contributed by atoms with Crippen LogP contribution in [-0.4, -0.2) is 238 Å². The number of hydrogen-bond donors (Lipinski definition) is 8. The number of phenolic OH excluding ortho intramolecular Hbond substituents is 4. The molecule has 4 aromatic carbocycles. The third-order valence-corrected chi connectivity index (χ3v) is 21.6. The average Bonchev–Trinajstić information content (AvgIpc) is 1.60. The lowest BCUT2D eigenvalue weighted by Crippen LogP contribution is -2.68. The SMILES string of the molecule is CC[C@@]1(O[C@@H]2C[C@@H](OC)[C@H](O)[C@@H](C)O2)[C@H](O[C@@H]2C[C@H](O)[C@@H](N(C)C)[C@H](C)O2)C2=CC3=C(C(=O)c4c(O)ccc(O)c4C3=O)C2=C(O)[C@@H]1[C@H]1C(=O)c2c(c(=[N+]=[N-])c3c(O)c4c(=O)ccc(=O)c4c(O)c23)[C@@H](O[C@@H]2C[C@H](O)[C@@H](N(C)C)[C@H](C)O2)[C@@]1(CC)O[C@@H]1C[C@@H](OC)[C@H](OC)[C@@H](C)O1. The Balaban J connectivity index is 1.23. The van der Waals surface area contributed by atoms with E-state index in [9.17, 15) is 56.0 Å². The van der Waals surface area contributed by atoms with Gasteiger partial charge in [-0.3, -0.25) is 24.0 Å². The first-order valence-corrected chi connectivity index (χ1v) is 32.7. The first-order chi connectivity index (χ1) is 46.0. The van der Waals surface area contributed by atoms with Crippen molar-refractivity contribution in [2.75, 3.05) is 49.5 Å². The second kappa shape index (κ2) is 26.1. The minimum absolute atomic E-state index is 0.140. The van der Waals surface area contributed by atoms with E-state index in [1.54, 1.807) is 79.5 Å². The Morgan fingerprint density at radius 2 is 1.05 bits per heavy atom. The number of ether oxygens (including phenoxy) is 11. The van der Waals surface area contributed by atoms with E-state index in [2.05, 4.69) is 4.79 Å². The first-order valence-electron chi connectivity index (χ1n) is 32.7. The van der Waals surface area contributed by atoms with Crippen LogP contribution in [-0.2, 0) is 52.1 Å². The van der Waals surface area contributed by atoms with Gasteiger partial charge < -0.3 is 108 Å². The van der Waals surface area contributed by atoms with Crippen molar-refractivity contribution >= 4 is 38.9 Å². The Labute approximate surface area is 556 Å². The van der Waals surface area contributed by atoms with Gasteiger partial charge in [0.2, 0.25) is 0 Å². The molecule has 4 heterocycles. The van der Waals surface area contributed by atoms with Gasteiger partial charge >= 0.3 is 5.36 Å². The van der Waals surface area contributed by atoms with E-state index < -0.39 is 263 Å². The Hall–Kier alpha value is -6.77. The number of carbonyl (C=O) groups is 3. The molecule has 22 atom stereocenters. The fraction of sp³-hybridized carbons (Fsp3) is 0.594.